The molecule has 0 amide bonds. The molecular weight excluding hydrogens is 162 g/mol. The van der Waals surface area contributed by atoms with Crippen molar-refractivity contribution < 1.29 is 0 Å². The quantitative estimate of drug-likeness (QED) is 0.598. The van der Waals surface area contributed by atoms with Crippen molar-refractivity contribution >= 4 is 12.6 Å². The number of hydrogen-bond donors (Lipinski definition) is 1. The Morgan fingerprint density at radius 2 is 2.00 bits per heavy atom. The SMILES string of the molecule is C1=NC=NC23CCCCCC1(C2)N3. The second-order valence-corrected chi connectivity index (χ2v) is 4.57. The molecule has 2 atom stereocenters. The van der Waals surface area contributed by atoms with Crippen molar-refractivity contribution in [3.8, 4) is 0 Å². The molecule has 1 N–H and O–H groups in total. The predicted molar refractivity (Wildman–Crippen MR) is 53.3 cm³/mol. The Labute approximate surface area is 78.3 Å². The Morgan fingerprint density at radius 1 is 1.15 bits per heavy atom. The molecule has 0 aromatic carbocycles. The summed E-state index contributed by atoms with van der Waals surface area (Å²) in [6.07, 6.45) is 11.4. The maximum Gasteiger partial charge on any atom is 0.115 e. The minimum atomic E-state index is 0.0664. The molecule has 70 valence electrons. The summed E-state index contributed by atoms with van der Waals surface area (Å²) in [4.78, 5) is 8.73. The van der Waals surface area contributed by atoms with Crippen molar-refractivity contribution in [3.63, 3.8) is 0 Å². The van der Waals surface area contributed by atoms with Crippen molar-refractivity contribution in [2.24, 2.45) is 9.98 Å². The number of hydrogen-bond acceptors (Lipinski definition) is 3. The fraction of sp³-hybridized carbons (Fsp3) is 0.800. The van der Waals surface area contributed by atoms with Crippen LogP contribution >= 0.6 is 0 Å². The fourth-order valence-corrected chi connectivity index (χ4v) is 2.91. The van der Waals surface area contributed by atoms with E-state index in [-0.39, 0.29) is 11.2 Å². The van der Waals surface area contributed by atoms with E-state index in [4.69, 9.17) is 0 Å². The van der Waals surface area contributed by atoms with Crippen LogP contribution in [-0.2, 0) is 0 Å². The van der Waals surface area contributed by atoms with Crippen LogP contribution in [0.4, 0.5) is 0 Å². The molecule has 0 radical (unpaired) electrons. The first-order valence-electron chi connectivity index (χ1n) is 5.20. The number of fused-ring (bicyclic) bond motifs is 1. The molecule has 1 aliphatic carbocycles. The Bertz CT molecular complexity index is 248. The zero-order valence-corrected chi connectivity index (χ0v) is 7.79. The first-order chi connectivity index (χ1) is 6.33. The fourth-order valence-electron chi connectivity index (χ4n) is 2.91. The number of nitrogens with one attached hydrogen (secondary N) is 1. The second-order valence-electron chi connectivity index (χ2n) is 4.57. The Morgan fingerprint density at radius 3 is 2.92 bits per heavy atom. The van der Waals surface area contributed by atoms with Gasteiger partial charge >= 0.3 is 0 Å². The summed E-state index contributed by atoms with van der Waals surface area (Å²) in [5, 5.41) is 3.62. The molecule has 1 saturated carbocycles. The summed E-state index contributed by atoms with van der Waals surface area (Å²) in [7, 11) is 0. The van der Waals surface area contributed by atoms with E-state index in [1.807, 2.05) is 0 Å². The monoisotopic (exact) mass is 177 g/mol. The van der Waals surface area contributed by atoms with Gasteiger partial charge in [0.2, 0.25) is 0 Å². The van der Waals surface area contributed by atoms with Crippen molar-refractivity contribution in [1.82, 2.24) is 5.32 Å². The van der Waals surface area contributed by atoms with Crippen LogP contribution in [0.1, 0.15) is 38.5 Å². The molecule has 0 aromatic heterocycles. The summed E-state index contributed by atoms with van der Waals surface area (Å²) in [5.74, 6) is 0. The van der Waals surface area contributed by atoms with Gasteiger partial charge in [0.05, 0.1) is 5.54 Å². The van der Waals surface area contributed by atoms with Gasteiger partial charge < -0.3 is 0 Å². The third-order valence-corrected chi connectivity index (χ3v) is 3.50. The van der Waals surface area contributed by atoms with Gasteiger partial charge in [-0.2, -0.15) is 0 Å². The van der Waals surface area contributed by atoms with Gasteiger partial charge in [-0.1, -0.05) is 12.8 Å². The van der Waals surface area contributed by atoms with Gasteiger partial charge in [0.1, 0.15) is 12.0 Å². The number of aliphatic imine (C=N–C) groups is 2. The highest BCUT2D eigenvalue weighted by Crippen LogP contribution is 2.43. The van der Waals surface area contributed by atoms with Crippen molar-refractivity contribution in [1.29, 1.82) is 0 Å². The third-order valence-electron chi connectivity index (χ3n) is 3.50. The number of rotatable bonds is 0. The Hall–Kier alpha value is -0.700. The van der Waals surface area contributed by atoms with Gasteiger partial charge in [-0.25, -0.2) is 4.99 Å². The molecule has 3 heterocycles. The van der Waals surface area contributed by atoms with Crippen LogP contribution in [-0.4, -0.2) is 23.8 Å². The maximum atomic E-state index is 4.50. The molecule has 3 aliphatic heterocycles. The van der Waals surface area contributed by atoms with E-state index in [0.29, 0.717) is 0 Å². The van der Waals surface area contributed by atoms with Crippen LogP contribution < -0.4 is 5.32 Å². The lowest BCUT2D eigenvalue weighted by Crippen LogP contribution is -2.71. The standard InChI is InChI=1S/C10H15N3/c1-2-4-9-6-10(13-9,5-3-1)12-8-11-7-9/h7-8,13H,1-6H2. The molecular formula is C10H15N3. The van der Waals surface area contributed by atoms with E-state index >= 15 is 0 Å². The average Bonchev–Trinajstić information content (AvgIpc) is 2.27. The van der Waals surface area contributed by atoms with Crippen LogP contribution in [0.5, 0.6) is 0 Å². The number of nitrogens with zero attached hydrogens (tertiary/aromatic N) is 2. The van der Waals surface area contributed by atoms with E-state index in [9.17, 15) is 0 Å². The van der Waals surface area contributed by atoms with Crippen LogP contribution in [0.3, 0.4) is 0 Å². The Kier molecular flexibility index (Phi) is 1.42. The smallest absolute Gasteiger partial charge is 0.115 e. The van der Waals surface area contributed by atoms with Crippen molar-refractivity contribution in [2.75, 3.05) is 0 Å². The van der Waals surface area contributed by atoms with Gasteiger partial charge in [0.15, 0.2) is 0 Å². The zero-order chi connectivity index (χ0) is 8.78. The molecule has 3 heteroatoms. The zero-order valence-electron chi connectivity index (χ0n) is 7.79. The molecule has 2 unspecified atom stereocenters. The van der Waals surface area contributed by atoms with E-state index in [1.54, 1.807) is 6.34 Å². The predicted octanol–water partition coefficient (Wildman–Crippen LogP) is 1.49. The van der Waals surface area contributed by atoms with Gasteiger partial charge in [0, 0.05) is 12.6 Å². The lowest BCUT2D eigenvalue weighted by atomic mass is 9.71. The molecule has 4 rings (SSSR count). The summed E-state index contributed by atoms with van der Waals surface area (Å²) < 4.78 is 0. The molecule has 0 aromatic rings. The minimum absolute atomic E-state index is 0.0664. The topological polar surface area (TPSA) is 36.8 Å². The van der Waals surface area contributed by atoms with Gasteiger partial charge in [0.25, 0.3) is 0 Å². The molecule has 4 aliphatic rings. The minimum Gasteiger partial charge on any atom is -0.282 e. The highest BCUT2D eigenvalue weighted by atomic mass is 15.3. The summed E-state index contributed by atoms with van der Waals surface area (Å²) in [6, 6.07) is 0. The van der Waals surface area contributed by atoms with Crippen molar-refractivity contribution in [3.05, 3.63) is 0 Å². The summed E-state index contributed by atoms with van der Waals surface area (Å²) in [5.41, 5.74) is 0.272. The summed E-state index contributed by atoms with van der Waals surface area (Å²) >= 11 is 0. The van der Waals surface area contributed by atoms with Gasteiger partial charge in [-0.3, -0.25) is 10.3 Å². The van der Waals surface area contributed by atoms with Crippen LogP contribution in [0.2, 0.25) is 0 Å². The maximum absolute atomic E-state index is 4.50. The second kappa shape index (κ2) is 2.41. The molecule has 2 bridgehead atoms. The van der Waals surface area contributed by atoms with Crippen LogP contribution in [0, 0.1) is 0 Å². The van der Waals surface area contributed by atoms with Gasteiger partial charge in [-0.05, 0) is 19.3 Å². The van der Waals surface area contributed by atoms with E-state index in [2.05, 4.69) is 21.5 Å². The lowest BCUT2D eigenvalue weighted by Gasteiger charge is -2.54. The largest absolute Gasteiger partial charge is 0.282 e. The van der Waals surface area contributed by atoms with Crippen LogP contribution in [0.25, 0.3) is 0 Å². The molecule has 1 saturated heterocycles. The summed E-state index contributed by atoms with van der Waals surface area (Å²) in [6.45, 7) is 0. The average molecular weight is 177 g/mol. The molecule has 13 heavy (non-hydrogen) atoms. The van der Waals surface area contributed by atoms with Crippen LogP contribution in [0.15, 0.2) is 9.98 Å². The highest BCUT2D eigenvalue weighted by Gasteiger charge is 2.53. The third kappa shape index (κ3) is 1.06. The Balaban J connectivity index is 1.94. The van der Waals surface area contributed by atoms with Gasteiger partial charge in [-0.15, -0.1) is 0 Å². The van der Waals surface area contributed by atoms with E-state index < -0.39 is 0 Å². The molecule has 3 nitrogen and oxygen atoms in total. The molecule has 2 fully saturated rings. The lowest BCUT2D eigenvalue weighted by molar-refractivity contribution is 0.0735. The first-order valence-corrected chi connectivity index (χ1v) is 5.20. The van der Waals surface area contributed by atoms with E-state index in [1.165, 1.54) is 38.5 Å². The van der Waals surface area contributed by atoms with Crippen molar-refractivity contribution in [2.45, 2.75) is 49.7 Å². The first kappa shape index (κ1) is 7.68. The normalized spacial score (nSPS) is 47.4. The van der Waals surface area contributed by atoms with E-state index in [0.717, 1.165) is 0 Å². The molecule has 0 spiro atoms. The highest BCUT2D eigenvalue weighted by molar-refractivity contribution is 5.83.